The maximum absolute atomic E-state index is 2.63. The number of aromatic nitrogens is 1. The van der Waals surface area contributed by atoms with Crippen molar-refractivity contribution in [2.45, 2.75) is 13.0 Å². The van der Waals surface area contributed by atoms with Gasteiger partial charge in [0, 0.05) is 61.1 Å². The summed E-state index contributed by atoms with van der Waals surface area (Å²) >= 11 is 0. The van der Waals surface area contributed by atoms with E-state index in [1.807, 2.05) is 0 Å². The molecule has 0 amide bonds. The SMILES string of the molecule is C(=C\c1ccccc1)/CN1CCN(CCCn2c3ccccc3c3ccccc32)CC1. The molecule has 0 bridgehead atoms. The van der Waals surface area contributed by atoms with Gasteiger partial charge in [0.25, 0.3) is 0 Å². The Morgan fingerprint density at radius 3 is 1.87 bits per heavy atom. The molecule has 0 aliphatic carbocycles. The fourth-order valence-corrected chi connectivity index (χ4v) is 4.79. The van der Waals surface area contributed by atoms with Gasteiger partial charge in [0.1, 0.15) is 0 Å². The third-order valence-electron chi connectivity index (χ3n) is 6.47. The first-order valence-electron chi connectivity index (χ1n) is 11.5. The smallest absolute Gasteiger partial charge is 0.0491 e. The van der Waals surface area contributed by atoms with Crippen molar-refractivity contribution in [3.8, 4) is 0 Å². The third-order valence-corrected chi connectivity index (χ3v) is 6.47. The van der Waals surface area contributed by atoms with E-state index in [0.717, 1.165) is 26.2 Å². The van der Waals surface area contributed by atoms with Gasteiger partial charge in [-0.3, -0.25) is 4.90 Å². The van der Waals surface area contributed by atoms with Crippen molar-refractivity contribution >= 4 is 27.9 Å². The van der Waals surface area contributed by atoms with Crippen LogP contribution in [-0.2, 0) is 6.54 Å². The van der Waals surface area contributed by atoms with Gasteiger partial charge in [-0.2, -0.15) is 0 Å². The third kappa shape index (κ3) is 4.58. The van der Waals surface area contributed by atoms with Crippen molar-refractivity contribution in [2.75, 3.05) is 39.3 Å². The Kier molecular flexibility index (Phi) is 6.15. The lowest BCUT2D eigenvalue weighted by Gasteiger charge is -2.34. The lowest BCUT2D eigenvalue weighted by Crippen LogP contribution is -2.46. The lowest BCUT2D eigenvalue weighted by atomic mass is 10.2. The highest BCUT2D eigenvalue weighted by Crippen LogP contribution is 2.28. The molecule has 0 radical (unpaired) electrons. The van der Waals surface area contributed by atoms with Crippen molar-refractivity contribution in [2.24, 2.45) is 0 Å². The summed E-state index contributed by atoms with van der Waals surface area (Å²) in [6, 6.07) is 28.2. The first-order chi connectivity index (χ1) is 15.4. The molecule has 0 unspecified atom stereocenters. The molecule has 158 valence electrons. The molecule has 1 saturated heterocycles. The van der Waals surface area contributed by atoms with Crippen LogP contribution in [0.1, 0.15) is 12.0 Å². The predicted octanol–water partition coefficient (Wildman–Crippen LogP) is 5.52. The van der Waals surface area contributed by atoms with E-state index >= 15 is 0 Å². The maximum atomic E-state index is 2.63. The topological polar surface area (TPSA) is 11.4 Å². The van der Waals surface area contributed by atoms with Crippen molar-refractivity contribution < 1.29 is 0 Å². The standard InChI is InChI=1S/C28H31N3/c1-2-10-24(11-3-1)12-8-17-29-20-22-30(23-21-29)18-9-19-31-27-15-6-4-13-25(27)26-14-5-7-16-28(26)31/h1-8,10-16H,9,17-23H2/b12-8+. The zero-order valence-corrected chi connectivity index (χ0v) is 18.2. The van der Waals surface area contributed by atoms with E-state index < -0.39 is 0 Å². The van der Waals surface area contributed by atoms with Crippen molar-refractivity contribution in [1.82, 2.24) is 14.4 Å². The summed E-state index contributed by atoms with van der Waals surface area (Å²) in [6.45, 7) is 7.97. The van der Waals surface area contributed by atoms with E-state index in [1.165, 1.54) is 53.4 Å². The number of nitrogens with zero attached hydrogens (tertiary/aromatic N) is 3. The summed E-state index contributed by atoms with van der Waals surface area (Å²) in [7, 11) is 0. The van der Waals surface area contributed by atoms with Crippen LogP contribution in [0.15, 0.2) is 84.9 Å². The minimum atomic E-state index is 1.05. The van der Waals surface area contributed by atoms with Crippen molar-refractivity contribution in [3.63, 3.8) is 0 Å². The van der Waals surface area contributed by atoms with Gasteiger partial charge in [0.2, 0.25) is 0 Å². The average Bonchev–Trinajstić information content (AvgIpc) is 3.15. The van der Waals surface area contributed by atoms with Crippen LogP contribution in [0.5, 0.6) is 0 Å². The van der Waals surface area contributed by atoms with Crippen molar-refractivity contribution in [3.05, 3.63) is 90.5 Å². The number of hydrogen-bond acceptors (Lipinski definition) is 2. The Morgan fingerprint density at radius 2 is 1.19 bits per heavy atom. The molecule has 3 heteroatoms. The van der Waals surface area contributed by atoms with Gasteiger partial charge in [-0.25, -0.2) is 0 Å². The molecule has 0 N–H and O–H groups in total. The molecule has 3 aromatic carbocycles. The first-order valence-corrected chi connectivity index (χ1v) is 11.5. The van der Waals surface area contributed by atoms with E-state index in [2.05, 4.69) is 105 Å². The summed E-state index contributed by atoms with van der Waals surface area (Å²) in [5.74, 6) is 0. The summed E-state index contributed by atoms with van der Waals surface area (Å²) in [5, 5.41) is 2.74. The van der Waals surface area contributed by atoms with Gasteiger partial charge in [-0.15, -0.1) is 0 Å². The number of fused-ring (bicyclic) bond motifs is 3. The predicted molar refractivity (Wildman–Crippen MR) is 132 cm³/mol. The van der Waals surface area contributed by atoms with Gasteiger partial charge in [-0.1, -0.05) is 78.9 Å². The Bertz CT molecular complexity index is 1100. The molecule has 3 nitrogen and oxygen atoms in total. The van der Waals surface area contributed by atoms with E-state index in [1.54, 1.807) is 0 Å². The molecule has 4 aromatic rings. The first kappa shape index (κ1) is 20.0. The van der Waals surface area contributed by atoms with Gasteiger partial charge in [0.05, 0.1) is 0 Å². The van der Waals surface area contributed by atoms with Gasteiger partial charge in [-0.05, 0) is 30.7 Å². The van der Waals surface area contributed by atoms with E-state index in [0.29, 0.717) is 0 Å². The zero-order chi connectivity index (χ0) is 20.9. The van der Waals surface area contributed by atoms with Crippen LogP contribution in [0.4, 0.5) is 0 Å². The normalized spacial score (nSPS) is 16.0. The van der Waals surface area contributed by atoms with E-state index in [-0.39, 0.29) is 0 Å². The average molecular weight is 410 g/mol. The van der Waals surface area contributed by atoms with Gasteiger partial charge >= 0.3 is 0 Å². The largest absolute Gasteiger partial charge is 0.340 e. The summed E-state index contributed by atoms with van der Waals surface area (Å²) in [5.41, 5.74) is 4.00. The zero-order valence-electron chi connectivity index (χ0n) is 18.2. The Morgan fingerprint density at radius 1 is 0.613 bits per heavy atom. The molecule has 31 heavy (non-hydrogen) atoms. The highest BCUT2D eigenvalue weighted by atomic mass is 15.3. The van der Waals surface area contributed by atoms with Crippen LogP contribution in [0.2, 0.25) is 0 Å². The van der Waals surface area contributed by atoms with Crippen LogP contribution in [-0.4, -0.2) is 53.6 Å². The van der Waals surface area contributed by atoms with Crippen molar-refractivity contribution in [1.29, 1.82) is 0 Å². The molecule has 0 spiro atoms. The Balaban J connectivity index is 1.13. The molecule has 0 atom stereocenters. The number of rotatable bonds is 7. The number of benzene rings is 3. The van der Waals surface area contributed by atoms with Gasteiger partial charge in [0.15, 0.2) is 0 Å². The van der Waals surface area contributed by atoms with Gasteiger partial charge < -0.3 is 9.47 Å². The molecule has 1 aliphatic heterocycles. The number of hydrogen-bond donors (Lipinski definition) is 0. The fourth-order valence-electron chi connectivity index (χ4n) is 4.79. The molecular weight excluding hydrogens is 378 g/mol. The molecule has 2 heterocycles. The minimum absolute atomic E-state index is 1.05. The maximum Gasteiger partial charge on any atom is 0.0491 e. The second-order valence-electron chi connectivity index (χ2n) is 8.49. The molecule has 1 fully saturated rings. The summed E-state index contributed by atoms with van der Waals surface area (Å²) < 4.78 is 2.51. The van der Waals surface area contributed by atoms with Crippen LogP contribution in [0.3, 0.4) is 0 Å². The second kappa shape index (κ2) is 9.51. The summed E-state index contributed by atoms with van der Waals surface area (Å²) in [4.78, 5) is 5.19. The minimum Gasteiger partial charge on any atom is -0.340 e. The molecule has 0 saturated carbocycles. The highest BCUT2D eigenvalue weighted by Gasteiger charge is 2.16. The molecular formula is C28H31N3. The highest BCUT2D eigenvalue weighted by molar-refractivity contribution is 6.07. The number of aryl methyl sites for hydroxylation is 1. The molecule has 1 aromatic heterocycles. The van der Waals surface area contributed by atoms with E-state index in [4.69, 9.17) is 0 Å². The quantitative estimate of drug-likeness (QED) is 0.398. The van der Waals surface area contributed by atoms with Crippen LogP contribution in [0.25, 0.3) is 27.9 Å². The van der Waals surface area contributed by atoms with Crippen LogP contribution in [0, 0.1) is 0 Å². The Labute approximate surface area is 185 Å². The number of para-hydroxylation sites is 2. The summed E-state index contributed by atoms with van der Waals surface area (Å²) in [6.07, 6.45) is 5.72. The second-order valence-corrected chi connectivity index (χ2v) is 8.49. The lowest BCUT2D eigenvalue weighted by molar-refractivity contribution is 0.140. The van der Waals surface area contributed by atoms with E-state index in [9.17, 15) is 0 Å². The molecule has 5 rings (SSSR count). The molecule has 1 aliphatic rings. The Hall–Kier alpha value is -2.88. The monoisotopic (exact) mass is 409 g/mol. The van der Waals surface area contributed by atoms with Crippen LogP contribution >= 0.6 is 0 Å². The fraction of sp³-hybridized carbons (Fsp3) is 0.286. The number of piperazine rings is 1. The van der Waals surface area contributed by atoms with Crippen LogP contribution < -0.4 is 0 Å².